The number of hydrogen-bond donors (Lipinski definition) is 2. The summed E-state index contributed by atoms with van der Waals surface area (Å²) in [4.78, 5) is 13.8. The number of aliphatic hydroxyl groups excluding tert-OH is 1. The molecule has 2 aliphatic rings. The van der Waals surface area contributed by atoms with Gasteiger partial charge in [0, 0.05) is 6.54 Å². The number of carbonyl (C=O) groups is 1. The van der Waals surface area contributed by atoms with Gasteiger partial charge in [-0.2, -0.15) is 0 Å². The summed E-state index contributed by atoms with van der Waals surface area (Å²) >= 11 is 0. The average molecular weight is 254 g/mol. The van der Waals surface area contributed by atoms with Gasteiger partial charge in [-0.15, -0.1) is 0 Å². The summed E-state index contributed by atoms with van der Waals surface area (Å²) in [5, 5.41) is 11.4. The van der Waals surface area contributed by atoms with E-state index in [0.717, 1.165) is 13.1 Å². The topological polar surface area (TPSA) is 52.6 Å². The van der Waals surface area contributed by atoms with Gasteiger partial charge in [0.25, 0.3) is 0 Å². The van der Waals surface area contributed by atoms with Crippen LogP contribution in [0.15, 0.2) is 0 Å². The Morgan fingerprint density at radius 1 is 1.11 bits per heavy atom. The molecular formula is C14H26N2O2. The van der Waals surface area contributed by atoms with E-state index in [-0.39, 0.29) is 12.5 Å². The summed E-state index contributed by atoms with van der Waals surface area (Å²) in [6, 6.07) is 0. The molecule has 1 spiro atoms. The van der Waals surface area contributed by atoms with Gasteiger partial charge in [0.1, 0.15) is 0 Å². The fourth-order valence-corrected chi connectivity index (χ4v) is 3.44. The van der Waals surface area contributed by atoms with Crippen molar-refractivity contribution in [1.29, 1.82) is 0 Å². The number of nitrogens with one attached hydrogen (secondary N) is 1. The molecule has 0 aromatic carbocycles. The normalized spacial score (nSPS) is 24.1. The number of rotatable bonds is 4. The second-order valence-electron chi connectivity index (χ2n) is 5.91. The molecule has 2 rings (SSSR count). The Hall–Kier alpha value is -0.610. The maximum absolute atomic E-state index is 11.6. The number of carbonyl (C=O) groups excluding carboxylic acids is 1. The van der Waals surface area contributed by atoms with E-state index in [2.05, 4.69) is 10.2 Å². The number of aliphatic hydroxyl groups is 1. The fraction of sp³-hybridized carbons (Fsp3) is 0.929. The molecule has 0 unspecified atom stereocenters. The minimum absolute atomic E-state index is 0.0227. The first-order chi connectivity index (χ1) is 8.74. The van der Waals surface area contributed by atoms with Crippen LogP contribution in [0.1, 0.15) is 44.9 Å². The largest absolute Gasteiger partial charge is 0.395 e. The van der Waals surface area contributed by atoms with Gasteiger partial charge >= 0.3 is 0 Å². The van der Waals surface area contributed by atoms with E-state index in [1.807, 2.05) is 0 Å². The molecule has 1 aliphatic carbocycles. The summed E-state index contributed by atoms with van der Waals surface area (Å²) in [5.41, 5.74) is 0.607. The Morgan fingerprint density at radius 3 is 2.39 bits per heavy atom. The molecule has 0 bridgehead atoms. The monoisotopic (exact) mass is 254 g/mol. The van der Waals surface area contributed by atoms with E-state index in [4.69, 9.17) is 5.11 Å². The predicted molar refractivity (Wildman–Crippen MR) is 71.3 cm³/mol. The average Bonchev–Trinajstić information content (AvgIpc) is 2.40. The van der Waals surface area contributed by atoms with E-state index >= 15 is 0 Å². The van der Waals surface area contributed by atoms with E-state index in [0.29, 0.717) is 18.5 Å². The third-order valence-electron chi connectivity index (χ3n) is 4.63. The SMILES string of the molecule is O=C(CN1CCC2(CCCCC2)CC1)NCCO. The zero-order valence-corrected chi connectivity index (χ0v) is 11.3. The van der Waals surface area contributed by atoms with Crippen LogP contribution in [0.3, 0.4) is 0 Å². The predicted octanol–water partition coefficient (Wildman–Crippen LogP) is 1.14. The summed E-state index contributed by atoms with van der Waals surface area (Å²) in [6.07, 6.45) is 9.54. The molecule has 1 aliphatic heterocycles. The number of likely N-dealkylation sites (tertiary alicyclic amines) is 1. The highest BCUT2D eigenvalue weighted by Crippen LogP contribution is 2.44. The molecule has 4 heteroatoms. The lowest BCUT2D eigenvalue weighted by atomic mass is 9.68. The second-order valence-corrected chi connectivity index (χ2v) is 5.91. The maximum atomic E-state index is 11.6. The Labute approximate surface area is 110 Å². The standard InChI is InChI=1S/C14H26N2O2/c17-11-8-15-13(18)12-16-9-6-14(7-10-16)4-2-1-3-5-14/h17H,1-12H2,(H,15,18). The zero-order valence-electron chi connectivity index (χ0n) is 11.3. The molecule has 104 valence electrons. The van der Waals surface area contributed by atoms with E-state index in [9.17, 15) is 4.79 Å². The van der Waals surface area contributed by atoms with E-state index in [1.54, 1.807) is 0 Å². The van der Waals surface area contributed by atoms with Crippen molar-refractivity contribution in [3.8, 4) is 0 Å². The van der Waals surface area contributed by atoms with Crippen LogP contribution in [0.5, 0.6) is 0 Å². The number of amides is 1. The molecule has 0 atom stereocenters. The summed E-state index contributed by atoms with van der Waals surface area (Å²) < 4.78 is 0. The maximum Gasteiger partial charge on any atom is 0.234 e. The Morgan fingerprint density at radius 2 is 1.78 bits per heavy atom. The fourth-order valence-electron chi connectivity index (χ4n) is 3.44. The lowest BCUT2D eigenvalue weighted by Crippen LogP contribution is -2.45. The Kier molecular flexibility index (Phi) is 5.01. The van der Waals surface area contributed by atoms with Crippen LogP contribution in [-0.2, 0) is 4.79 Å². The lowest BCUT2D eigenvalue weighted by molar-refractivity contribution is -0.123. The summed E-state index contributed by atoms with van der Waals surface area (Å²) in [5.74, 6) is 0.0450. The van der Waals surface area contributed by atoms with Crippen LogP contribution >= 0.6 is 0 Å². The first-order valence-electron chi connectivity index (χ1n) is 7.34. The Balaban J connectivity index is 1.71. The molecule has 0 aromatic rings. The number of hydrogen-bond acceptors (Lipinski definition) is 3. The smallest absolute Gasteiger partial charge is 0.234 e. The minimum atomic E-state index is 0.0227. The number of nitrogens with zero attached hydrogens (tertiary/aromatic N) is 1. The second kappa shape index (κ2) is 6.53. The zero-order chi connectivity index (χ0) is 12.8. The molecule has 1 saturated heterocycles. The van der Waals surface area contributed by atoms with Gasteiger partial charge in [0.15, 0.2) is 0 Å². The van der Waals surface area contributed by atoms with Crippen molar-refractivity contribution in [2.45, 2.75) is 44.9 Å². The van der Waals surface area contributed by atoms with Crippen LogP contribution in [0, 0.1) is 5.41 Å². The van der Waals surface area contributed by atoms with Crippen LogP contribution in [-0.4, -0.2) is 48.7 Å². The quantitative estimate of drug-likeness (QED) is 0.791. The van der Waals surface area contributed by atoms with E-state index < -0.39 is 0 Å². The van der Waals surface area contributed by atoms with Crippen molar-refractivity contribution in [2.24, 2.45) is 5.41 Å². The highest BCUT2D eigenvalue weighted by molar-refractivity contribution is 5.77. The molecule has 1 heterocycles. The minimum Gasteiger partial charge on any atom is -0.395 e. The van der Waals surface area contributed by atoms with Crippen LogP contribution in [0.2, 0.25) is 0 Å². The molecule has 0 aromatic heterocycles. The van der Waals surface area contributed by atoms with Gasteiger partial charge in [-0.05, 0) is 44.2 Å². The van der Waals surface area contributed by atoms with Crippen molar-refractivity contribution in [3.05, 3.63) is 0 Å². The highest BCUT2D eigenvalue weighted by Gasteiger charge is 2.35. The molecule has 18 heavy (non-hydrogen) atoms. The van der Waals surface area contributed by atoms with Crippen molar-refractivity contribution in [2.75, 3.05) is 32.8 Å². The molecule has 2 N–H and O–H groups in total. The van der Waals surface area contributed by atoms with Gasteiger partial charge in [-0.25, -0.2) is 0 Å². The van der Waals surface area contributed by atoms with Crippen LogP contribution in [0.4, 0.5) is 0 Å². The van der Waals surface area contributed by atoms with Crippen molar-refractivity contribution >= 4 is 5.91 Å². The van der Waals surface area contributed by atoms with Crippen molar-refractivity contribution in [1.82, 2.24) is 10.2 Å². The summed E-state index contributed by atoms with van der Waals surface area (Å²) in [7, 11) is 0. The number of piperidine rings is 1. The van der Waals surface area contributed by atoms with Crippen LogP contribution in [0.25, 0.3) is 0 Å². The third kappa shape index (κ3) is 3.69. The van der Waals surface area contributed by atoms with Gasteiger partial charge in [0.05, 0.1) is 13.2 Å². The van der Waals surface area contributed by atoms with Crippen molar-refractivity contribution < 1.29 is 9.90 Å². The molecule has 1 amide bonds. The molecule has 0 radical (unpaired) electrons. The first-order valence-corrected chi connectivity index (χ1v) is 7.34. The van der Waals surface area contributed by atoms with Gasteiger partial charge in [-0.3, -0.25) is 9.69 Å². The molecule has 1 saturated carbocycles. The highest BCUT2D eigenvalue weighted by atomic mass is 16.3. The Bertz CT molecular complexity index is 265. The third-order valence-corrected chi connectivity index (χ3v) is 4.63. The molecule has 4 nitrogen and oxygen atoms in total. The van der Waals surface area contributed by atoms with E-state index in [1.165, 1.54) is 44.9 Å². The van der Waals surface area contributed by atoms with Gasteiger partial charge in [-0.1, -0.05) is 19.3 Å². The van der Waals surface area contributed by atoms with Crippen molar-refractivity contribution in [3.63, 3.8) is 0 Å². The molecular weight excluding hydrogens is 228 g/mol. The van der Waals surface area contributed by atoms with Gasteiger partial charge < -0.3 is 10.4 Å². The summed E-state index contributed by atoms with van der Waals surface area (Å²) in [6.45, 7) is 3.01. The molecule has 2 fully saturated rings. The van der Waals surface area contributed by atoms with Crippen LogP contribution < -0.4 is 5.32 Å². The first kappa shape index (κ1) is 13.8. The lowest BCUT2D eigenvalue weighted by Gasteiger charge is -2.44. The van der Waals surface area contributed by atoms with Gasteiger partial charge in [0.2, 0.25) is 5.91 Å².